The van der Waals surface area contributed by atoms with Crippen molar-refractivity contribution in [3.05, 3.63) is 85.0 Å². The van der Waals surface area contributed by atoms with Gasteiger partial charge in [0.05, 0.1) is 18.1 Å². The SMILES string of the molecule is Fc1ccc(-c2ccc(-n3nccc3-c3ccco3)cc2)cc1. The van der Waals surface area contributed by atoms with Gasteiger partial charge in [-0.05, 0) is 53.6 Å². The first-order valence-electron chi connectivity index (χ1n) is 7.25. The van der Waals surface area contributed by atoms with Gasteiger partial charge in [0.15, 0.2) is 5.76 Å². The minimum atomic E-state index is -0.231. The van der Waals surface area contributed by atoms with Crippen LogP contribution in [0.1, 0.15) is 0 Å². The Morgan fingerprint density at radius 1 is 0.826 bits per heavy atom. The molecule has 0 unspecified atom stereocenters. The van der Waals surface area contributed by atoms with E-state index < -0.39 is 0 Å². The van der Waals surface area contributed by atoms with Crippen molar-refractivity contribution in [1.82, 2.24) is 9.78 Å². The molecule has 0 aliphatic carbocycles. The van der Waals surface area contributed by atoms with Crippen LogP contribution in [0.15, 0.2) is 83.6 Å². The Morgan fingerprint density at radius 3 is 2.17 bits per heavy atom. The number of aromatic nitrogens is 2. The highest BCUT2D eigenvalue weighted by atomic mass is 19.1. The first kappa shape index (κ1) is 13.5. The third kappa shape index (κ3) is 2.55. The van der Waals surface area contributed by atoms with Gasteiger partial charge in [-0.1, -0.05) is 24.3 Å². The third-order valence-electron chi connectivity index (χ3n) is 3.71. The summed E-state index contributed by atoms with van der Waals surface area (Å²) in [6.07, 6.45) is 3.38. The molecule has 4 heteroatoms. The fourth-order valence-electron chi connectivity index (χ4n) is 2.56. The van der Waals surface area contributed by atoms with Gasteiger partial charge >= 0.3 is 0 Å². The maximum atomic E-state index is 13.0. The molecule has 4 rings (SSSR count). The summed E-state index contributed by atoms with van der Waals surface area (Å²) in [5.74, 6) is 0.537. The lowest BCUT2D eigenvalue weighted by Gasteiger charge is -2.07. The molecule has 2 aromatic carbocycles. The molecule has 3 nitrogen and oxygen atoms in total. The minimum absolute atomic E-state index is 0.231. The van der Waals surface area contributed by atoms with Crippen molar-refractivity contribution in [1.29, 1.82) is 0 Å². The second kappa shape index (κ2) is 5.57. The van der Waals surface area contributed by atoms with E-state index in [0.29, 0.717) is 0 Å². The van der Waals surface area contributed by atoms with E-state index in [1.54, 1.807) is 24.6 Å². The van der Waals surface area contributed by atoms with Crippen molar-refractivity contribution in [2.45, 2.75) is 0 Å². The average molecular weight is 304 g/mol. The Balaban J connectivity index is 1.69. The highest BCUT2D eigenvalue weighted by molar-refractivity contribution is 5.65. The van der Waals surface area contributed by atoms with E-state index in [-0.39, 0.29) is 5.82 Å². The summed E-state index contributed by atoms with van der Waals surface area (Å²) in [5.41, 5.74) is 3.84. The highest BCUT2D eigenvalue weighted by Crippen LogP contribution is 2.25. The molecule has 0 saturated carbocycles. The van der Waals surface area contributed by atoms with Crippen LogP contribution in [-0.4, -0.2) is 9.78 Å². The fourth-order valence-corrected chi connectivity index (χ4v) is 2.56. The summed E-state index contributed by atoms with van der Waals surface area (Å²) in [6, 6.07) is 20.1. The van der Waals surface area contributed by atoms with Gasteiger partial charge in [-0.15, -0.1) is 0 Å². The van der Waals surface area contributed by atoms with E-state index in [1.807, 2.05) is 47.1 Å². The number of halogens is 1. The number of hydrogen-bond acceptors (Lipinski definition) is 2. The van der Waals surface area contributed by atoms with Crippen molar-refractivity contribution in [2.75, 3.05) is 0 Å². The Kier molecular flexibility index (Phi) is 3.27. The predicted octanol–water partition coefficient (Wildman–Crippen LogP) is 4.94. The van der Waals surface area contributed by atoms with Crippen molar-refractivity contribution in [3.63, 3.8) is 0 Å². The monoisotopic (exact) mass is 304 g/mol. The molecule has 2 heterocycles. The lowest BCUT2D eigenvalue weighted by molar-refractivity contribution is 0.577. The van der Waals surface area contributed by atoms with Crippen LogP contribution >= 0.6 is 0 Å². The van der Waals surface area contributed by atoms with Crippen LogP contribution in [0.4, 0.5) is 4.39 Å². The molecular formula is C19H13FN2O. The normalized spacial score (nSPS) is 10.8. The molecule has 0 saturated heterocycles. The number of furan rings is 1. The topological polar surface area (TPSA) is 31.0 Å². The molecule has 0 spiro atoms. The van der Waals surface area contributed by atoms with Gasteiger partial charge in [-0.3, -0.25) is 0 Å². The fraction of sp³-hybridized carbons (Fsp3) is 0. The minimum Gasteiger partial charge on any atom is -0.463 e. The van der Waals surface area contributed by atoms with Gasteiger partial charge < -0.3 is 4.42 Å². The average Bonchev–Trinajstić information content (AvgIpc) is 3.27. The molecular weight excluding hydrogens is 291 g/mol. The van der Waals surface area contributed by atoms with E-state index in [1.165, 1.54) is 12.1 Å². The van der Waals surface area contributed by atoms with E-state index in [0.717, 1.165) is 28.3 Å². The van der Waals surface area contributed by atoms with Gasteiger partial charge in [-0.2, -0.15) is 5.10 Å². The first-order valence-corrected chi connectivity index (χ1v) is 7.25. The molecule has 0 fully saturated rings. The van der Waals surface area contributed by atoms with E-state index in [9.17, 15) is 4.39 Å². The van der Waals surface area contributed by atoms with Gasteiger partial charge in [0, 0.05) is 0 Å². The van der Waals surface area contributed by atoms with Crippen LogP contribution in [-0.2, 0) is 0 Å². The standard InChI is InChI=1S/C19H13FN2O/c20-16-7-3-14(4-8-16)15-5-9-17(10-6-15)22-18(11-12-21-22)19-2-1-13-23-19/h1-13H. The molecule has 0 aliphatic heterocycles. The Hall–Kier alpha value is -3.14. The molecule has 0 amide bonds. The summed E-state index contributed by atoms with van der Waals surface area (Å²) in [6.45, 7) is 0. The summed E-state index contributed by atoms with van der Waals surface area (Å²) < 4.78 is 20.3. The third-order valence-corrected chi connectivity index (χ3v) is 3.71. The summed E-state index contributed by atoms with van der Waals surface area (Å²) in [7, 11) is 0. The van der Waals surface area contributed by atoms with Crippen LogP contribution in [0.5, 0.6) is 0 Å². The van der Waals surface area contributed by atoms with Crippen molar-refractivity contribution >= 4 is 0 Å². The van der Waals surface area contributed by atoms with Gasteiger partial charge in [0.25, 0.3) is 0 Å². The Bertz CT molecular complexity index is 907. The van der Waals surface area contributed by atoms with E-state index in [2.05, 4.69) is 5.10 Å². The second-order valence-corrected chi connectivity index (χ2v) is 5.16. The predicted molar refractivity (Wildman–Crippen MR) is 86.7 cm³/mol. The smallest absolute Gasteiger partial charge is 0.152 e. The molecule has 0 aliphatic rings. The summed E-state index contributed by atoms with van der Waals surface area (Å²) >= 11 is 0. The summed E-state index contributed by atoms with van der Waals surface area (Å²) in [5, 5.41) is 4.36. The van der Waals surface area contributed by atoms with Crippen LogP contribution in [0, 0.1) is 5.82 Å². The molecule has 23 heavy (non-hydrogen) atoms. The first-order chi connectivity index (χ1) is 11.3. The largest absolute Gasteiger partial charge is 0.463 e. The molecule has 2 aromatic heterocycles. The zero-order valence-corrected chi connectivity index (χ0v) is 12.2. The molecule has 0 atom stereocenters. The van der Waals surface area contributed by atoms with Crippen LogP contribution in [0.3, 0.4) is 0 Å². The molecule has 4 aromatic rings. The maximum absolute atomic E-state index is 13.0. The molecule has 0 N–H and O–H groups in total. The number of nitrogens with zero attached hydrogens (tertiary/aromatic N) is 2. The maximum Gasteiger partial charge on any atom is 0.152 e. The number of hydrogen-bond donors (Lipinski definition) is 0. The lowest BCUT2D eigenvalue weighted by atomic mass is 10.1. The lowest BCUT2D eigenvalue weighted by Crippen LogP contribution is -1.98. The molecule has 0 bridgehead atoms. The molecule has 0 radical (unpaired) electrons. The van der Waals surface area contributed by atoms with Crippen molar-refractivity contribution in [3.8, 4) is 28.3 Å². The quantitative estimate of drug-likeness (QED) is 0.537. The summed E-state index contributed by atoms with van der Waals surface area (Å²) in [4.78, 5) is 0. The van der Waals surface area contributed by atoms with Crippen LogP contribution < -0.4 is 0 Å². The van der Waals surface area contributed by atoms with Crippen LogP contribution in [0.2, 0.25) is 0 Å². The second-order valence-electron chi connectivity index (χ2n) is 5.16. The Morgan fingerprint density at radius 2 is 1.52 bits per heavy atom. The zero-order chi connectivity index (χ0) is 15.6. The highest BCUT2D eigenvalue weighted by Gasteiger charge is 2.09. The van der Waals surface area contributed by atoms with E-state index >= 15 is 0 Å². The van der Waals surface area contributed by atoms with Crippen molar-refractivity contribution in [2.24, 2.45) is 0 Å². The molecule has 112 valence electrons. The van der Waals surface area contributed by atoms with Crippen molar-refractivity contribution < 1.29 is 8.81 Å². The van der Waals surface area contributed by atoms with Gasteiger partial charge in [0.1, 0.15) is 11.5 Å². The van der Waals surface area contributed by atoms with E-state index in [4.69, 9.17) is 4.42 Å². The Labute approximate surface area is 132 Å². The van der Waals surface area contributed by atoms with Gasteiger partial charge in [0.2, 0.25) is 0 Å². The number of rotatable bonds is 3. The number of benzene rings is 2. The zero-order valence-electron chi connectivity index (χ0n) is 12.2. The van der Waals surface area contributed by atoms with Gasteiger partial charge in [-0.25, -0.2) is 9.07 Å². The van der Waals surface area contributed by atoms with Crippen LogP contribution in [0.25, 0.3) is 28.3 Å².